The Morgan fingerprint density at radius 1 is 1.24 bits per heavy atom. The lowest BCUT2D eigenvalue weighted by molar-refractivity contribution is 0.322. The van der Waals surface area contributed by atoms with Gasteiger partial charge in [-0.15, -0.1) is 0 Å². The summed E-state index contributed by atoms with van der Waals surface area (Å²) >= 11 is 6.06. The average molecular weight is 249 g/mol. The van der Waals surface area contributed by atoms with Gasteiger partial charge in [0.2, 0.25) is 0 Å². The highest BCUT2D eigenvalue weighted by Gasteiger charge is 2.01. The SMILES string of the molecule is Cc1ccc(OCCc2cncnc2)c(Cl)c1. The van der Waals surface area contributed by atoms with Crippen molar-refractivity contribution in [2.24, 2.45) is 0 Å². The molecule has 4 heteroatoms. The van der Waals surface area contributed by atoms with Crippen LogP contribution in [0.15, 0.2) is 36.9 Å². The quantitative estimate of drug-likeness (QED) is 0.834. The number of hydrogen-bond acceptors (Lipinski definition) is 3. The van der Waals surface area contributed by atoms with Gasteiger partial charge in [-0.1, -0.05) is 17.7 Å². The van der Waals surface area contributed by atoms with E-state index in [4.69, 9.17) is 16.3 Å². The minimum Gasteiger partial charge on any atom is -0.492 e. The fourth-order valence-corrected chi connectivity index (χ4v) is 1.75. The summed E-state index contributed by atoms with van der Waals surface area (Å²) in [5.74, 6) is 0.717. The summed E-state index contributed by atoms with van der Waals surface area (Å²) in [7, 11) is 0. The van der Waals surface area contributed by atoms with Crippen molar-refractivity contribution in [1.82, 2.24) is 9.97 Å². The van der Waals surface area contributed by atoms with Gasteiger partial charge in [0.15, 0.2) is 0 Å². The van der Waals surface area contributed by atoms with E-state index in [-0.39, 0.29) is 0 Å². The van der Waals surface area contributed by atoms with E-state index in [0.29, 0.717) is 17.4 Å². The zero-order valence-corrected chi connectivity index (χ0v) is 10.3. The third-order valence-electron chi connectivity index (χ3n) is 2.35. The Hall–Kier alpha value is -1.61. The molecule has 1 aromatic heterocycles. The molecule has 1 heterocycles. The number of rotatable bonds is 4. The van der Waals surface area contributed by atoms with E-state index < -0.39 is 0 Å². The Morgan fingerprint density at radius 2 is 2.00 bits per heavy atom. The van der Waals surface area contributed by atoms with Gasteiger partial charge in [-0.3, -0.25) is 0 Å². The van der Waals surface area contributed by atoms with Crippen molar-refractivity contribution >= 4 is 11.6 Å². The molecule has 0 bridgehead atoms. The summed E-state index contributed by atoms with van der Waals surface area (Å²) in [6.07, 6.45) is 5.85. The van der Waals surface area contributed by atoms with E-state index in [9.17, 15) is 0 Å². The summed E-state index contributed by atoms with van der Waals surface area (Å²) < 4.78 is 5.61. The smallest absolute Gasteiger partial charge is 0.137 e. The molecule has 0 saturated carbocycles. The van der Waals surface area contributed by atoms with Crippen molar-refractivity contribution in [3.05, 3.63) is 53.1 Å². The van der Waals surface area contributed by atoms with Crippen LogP contribution in [0, 0.1) is 6.92 Å². The number of aryl methyl sites for hydroxylation is 1. The molecule has 0 aliphatic rings. The highest BCUT2D eigenvalue weighted by Crippen LogP contribution is 2.25. The van der Waals surface area contributed by atoms with Gasteiger partial charge in [-0.05, 0) is 30.2 Å². The summed E-state index contributed by atoms with van der Waals surface area (Å²) in [6.45, 7) is 2.56. The molecule has 1 aromatic carbocycles. The first-order valence-corrected chi connectivity index (χ1v) is 5.76. The van der Waals surface area contributed by atoms with Crippen LogP contribution in [0.4, 0.5) is 0 Å². The fraction of sp³-hybridized carbons (Fsp3) is 0.231. The molecular formula is C13H13ClN2O. The first kappa shape index (κ1) is 11.9. The van der Waals surface area contributed by atoms with Gasteiger partial charge in [0, 0.05) is 18.8 Å². The van der Waals surface area contributed by atoms with Crippen molar-refractivity contribution in [3.8, 4) is 5.75 Å². The Morgan fingerprint density at radius 3 is 2.71 bits per heavy atom. The van der Waals surface area contributed by atoms with Crippen molar-refractivity contribution in [2.75, 3.05) is 6.61 Å². The Bertz CT molecular complexity index is 488. The van der Waals surface area contributed by atoms with Gasteiger partial charge < -0.3 is 4.74 Å². The molecule has 0 fully saturated rings. The van der Waals surface area contributed by atoms with Crippen LogP contribution in [0.25, 0.3) is 0 Å². The van der Waals surface area contributed by atoms with Gasteiger partial charge in [-0.25, -0.2) is 9.97 Å². The third kappa shape index (κ3) is 3.43. The molecule has 0 amide bonds. The first-order valence-electron chi connectivity index (χ1n) is 5.38. The molecule has 2 aromatic rings. The number of aromatic nitrogens is 2. The van der Waals surface area contributed by atoms with Gasteiger partial charge in [0.1, 0.15) is 12.1 Å². The Balaban J connectivity index is 1.90. The third-order valence-corrected chi connectivity index (χ3v) is 2.65. The number of nitrogens with zero attached hydrogens (tertiary/aromatic N) is 2. The van der Waals surface area contributed by atoms with E-state index in [2.05, 4.69) is 9.97 Å². The lowest BCUT2D eigenvalue weighted by Crippen LogP contribution is -2.02. The molecule has 0 N–H and O–H groups in total. The molecule has 88 valence electrons. The molecule has 0 atom stereocenters. The van der Waals surface area contributed by atoms with Crippen LogP contribution in [0.5, 0.6) is 5.75 Å². The summed E-state index contributed by atoms with van der Waals surface area (Å²) in [4.78, 5) is 7.89. The van der Waals surface area contributed by atoms with Gasteiger partial charge in [0.05, 0.1) is 11.6 Å². The molecule has 0 unspecified atom stereocenters. The topological polar surface area (TPSA) is 35.0 Å². The maximum Gasteiger partial charge on any atom is 0.137 e. The van der Waals surface area contributed by atoms with Crippen molar-refractivity contribution in [2.45, 2.75) is 13.3 Å². The van der Waals surface area contributed by atoms with Crippen molar-refractivity contribution in [3.63, 3.8) is 0 Å². The van der Waals surface area contributed by atoms with Crippen LogP contribution in [0.1, 0.15) is 11.1 Å². The number of halogens is 1. The first-order chi connectivity index (χ1) is 8.25. The Labute approximate surface area is 105 Å². The van der Waals surface area contributed by atoms with E-state index in [0.717, 1.165) is 17.5 Å². The van der Waals surface area contributed by atoms with E-state index in [1.165, 1.54) is 6.33 Å². The number of ether oxygens (including phenoxy) is 1. The zero-order valence-electron chi connectivity index (χ0n) is 9.56. The van der Waals surface area contributed by atoms with Crippen LogP contribution >= 0.6 is 11.6 Å². The van der Waals surface area contributed by atoms with Crippen LogP contribution < -0.4 is 4.74 Å². The largest absolute Gasteiger partial charge is 0.492 e. The maximum absolute atomic E-state index is 6.06. The average Bonchev–Trinajstić information content (AvgIpc) is 2.33. The molecule has 0 aliphatic carbocycles. The number of benzene rings is 1. The maximum atomic E-state index is 6.06. The normalized spacial score (nSPS) is 10.2. The molecule has 0 saturated heterocycles. The van der Waals surface area contributed by atoms with Gasteiger partial charge in [0.25, 0.3) is 0 Å². The highest BCUT2D eigenvalue weighted by atomic mass is 35.5. The van der Waals surface area contributed by atoms with E-state index >= 15 is 0 Å². The lowest BCUT2D eigenvalue weighted by atomic mass is 10.2. The van der Waals surface area contributed by atoms with Crippen LogP contribution in [0.3, 0.4) is 0 Å². The molecule has 0 spiro atoms. The fourth-order valence-electron chi connectivity index (χ4n) is 1.46. The van der Waals surface area contributed by atoms with E-state index in [1.54, 1.807) is 12.4 Å². The predicted molar refractivity (Wildman–Crippen MR) is 67.4 cm³/mol. The Kier molecular flexibility index (Phi) is 3.94. The molecule has 0 radical (unpaired) electrons. The second-order valence-corrected chi connectivity index (χ2v) is 4.19. The minimum absolute atomic E-state index is 0.566. The second-order valence-electron chi connectivity index (χ2n) is 3.78. The van der Waals surface area contributed by atoms with Crippen molar-refractivity contribution < 1.29 is 4.74 Å². The second kappa shape index (κ2) is 5.64. The van der Waals surface area contributed by atoms with Crippen LogP contribution in [-0.2, 0) is 6.42 Å². The minimum atomic E-state index is 0.566. The number of hydrogen-bond donors (Lipinski definition) is 0. The monoisotopic (exact) mass is 248 g/mol. The molecule has 17 heavy (non-hydrogen) atoms. The zero-order chi connectivity index (χ0) is 12.1. The molecular weight excluding hydrogens is 236 g/mol. The summed E-state index contributed by atoms with van der Waals surface area (Å²) in [6, 6.07) is 5.76. The predicted octanol–water partition coefficient (Wildman–Crippen LogP) is 3.06. The standard InChI is InChI=1S/C13H13ClN2O/c1-10-2-3-13(12(14)6-10)17-5-4-11-7-15-9-16-8-11/h2-3,6-9H,4-5H2,1H3. The molecule has 2 rings (SSSR count). The lowest BCUT2D eigenvalue weighted by Gasteiger charge is -2.08. The van der Waals surface area contributed by atoms with Gasteiger partial charge in [-0.2, -0.15) is 0 Å². The van der Waals surface area contributed by atoms with Crippen LogP contribution in [0.2, 0.25) is 5.02 Å². The van der Waals surface area contributed by atoms with Crippen LogP contribution in [-0.4, -0.2) is 16.6 Å². The molecule has 0 aliphatic heterocycles. The summed E-state index contributed by atoms with van der Waals surface area (Å²) in [5, 5.41) is 0.648. The molecule has 3 nitrogen and oxygen atoms in total. The highest BCUT2D eigenvalue weighted by molar-refractivity contribution is 6.32. The van der Waals surface area contributed by atoms with Gasteiger partial charge >= 0.3 is 0 Å². The van der Waals surface area contributed by atoms with Crippen molar-refractivity contribution in [1.29, 1.82) is 0 Å². The van der Waals surface area contributed by atoms with E-state index in [1.807, 2.05) is 25.1 Å². The summed E-state index contributed by atoms with van der Waals surface area (Å²) in [5.41, 5.74) is 2.18.